The van der Waals surface area contributed by atoms with Crippen molar-refractivity contribution in [2.75, 3.05) is 67.6 Å². The SMILES string of the molecule is Cc1ccc(NC(=O)N2CCC(CC(F)(F)F)C2)cc1-c1cc(N2CCOCC2)nc(N2CCC(C)(N)C2)c1. The molecule has 3 fully saturated rings. The number of nitrogens with one attached hydrogen (secondary N) is 1. The molecule has 11 heteroatoms. The van der Waals surface area contributed by atoms with Crippen molar-refractivity contribution in [3.8, 4) is 11.1 Å². The summed E-state index contributed by atoms with van der Waals surface area (Å²) in [6.07, 6.45) is -3.84. The second-order valence-corrected chi connectivity index (χ2v) is 11.4. The fourth-order valence-corrected chi connectivity index (χ4v) is 5.68. The first-order chi connectivity index (χ1) is 18.5. The predicted octanol–water partition coefficient (Wildman–Crippen LogP) is 4.63. The number of halogens is 3. The number of carbonyl (C=O) groups is 1. The van der Waals surface area contributed by atoms with Crippen LogP contribution < -0.4 is 20.9 Å². The first kappa shape index (κ1) is 27.5. The van der Waals surface area contributed by atoms with Crippen LogP contribution >= 0.6 is 0 Å². The Kier molecular flexibility index (Phi) is 7.65. The van der Waals surface area contributed by atoms with Gasteiger partial charge in [0.05, 0.1) is 13.2 Å². The van der Waals surface area contributed by atoms with Gasteiger partial charge in [0.25, 0.3) is 0 Å². The molecule has 2 atom stereocenters. The number of aromatic nitrogens is 1. The molecule has 212 valence electrons. The lowest BCUT2D eigenvalue weighted by molar-refractivity contribution is -0.143. The third-order valence-electron chi connectivity index (χ3n) is 7.86. The molecule has 2 aromatic rings. The Morgan fingerprint density at radius 1 is 1.13 bits per heavy atom. The van der Waals surface area contributed by atoms with Crippen molar-refractivity contribution in [2.45, 2.75) is 44.8 Å². The molecular formula is C28H37F3N6O2. The third kappa shape index (κ3) is 6.75. The van der Waals surface area contributed by atoms with E-state index in [1.165, 1.54) is 4.90 Å². The van der Waals surface area contributed by atoms with Gasteiger partial charge in [-0.1, -0.05) is 6.07 Å². The van der Waals surface area contributed by atoms with Gasteiger partial charge in [-0.2, -0.15) is 13.2 Å². The van der Waals surface area contributed by atoms with Crippen LogP contribution in [0.3, 0.4) is 0 Å². The van der Waals surface area contributed by atoms with Crippen LogP contribution in [0.1, 0.15) is 31.7 Å². The van der Waals surface area contributed by atoms with Crippen LogP contribution in [0.4, 0.5) is 35.3 Å². The summed E-state index contributed by atoms with van der Waals surface area (Å²) in [5.74, 6) is 1.18. The molecule has 3 aliphatic heterocycles. The second kappa shape index (κ2) is 10.8. The van der Waals surface area contributed by atoms with Crippen molar-refractivity contribution in [1.82, 2.24) is 9.88 Å². The van der Waals surface area contributed by atoms with Gasteiger partial charge in [0, 0.05) is 56.9 Å². The zero-order valence-corrected chi connectivity index (χ0v) is 22.6. The molecule has 2 unspecified atom stereocenters. The molecule has 3 saturated heterocycles. The van der Waals surface area contributed by atoms with Gasteiger partial charge in [-0.25, -0.2) is 9.78 Å². The van der Waals surface area contributed by atoms with E-state index in [0.717, 1.165) is 54.4 Å². The van der Waals surface area contributed by atoms with E-state index in [1.54, 1.807) is 0 Å². The standard InChI is InChI=1S/C28H37F3N6O2/c1-19-3-4-22(33-26(38)36-7-5-20(17-36)16-28(29,30)31)15-23(19)21-13-24(35-9-11-39-12-10-35)34-25(14-21)37-8-6-27(2,32)18-37/h3-4,13-15,20H,5-12,16-18,32H2,1-2H3,(H,33,38). The average molecular weight is 547 g/mol. The van der Waals surface area contributed by atoms with E-state index in [4.69, 9.17) is 15.5 Å². The smallest absolute Gasteiger partial charge is 0.378 e. The Bertz CT molecular complexity index is 1200. The molecule has 0 bridgehead atoms. The van der Waals surface area contributed by atoms with E-state index < -0.39 is 18.5 Å². The largest absolute Gasteiger partial charge is 0.389 e. The summed E-state index contributed by atoms with van der Waals surface area (Å²) in [6.45, 7) is 8.84. The van der Waals surface area contributed by atoms with E-state index in [-0.39, 0.29) is 18.1 Å². The maximum absolute atomic E-state index is 12.9. The Balaban J connectivity index is 1.39. The first-order valence-corrected chi connectivity index (χ1v) is 13.6. The highest BCUT2D eigenvalue weighted by atomic mass is 19.4. The Morgan fingerprint density at radius 3 is 2.51 bits per heavy atom. The summed E-state index contributed by atoms with van der Waals surface area (Å²) in [5, 5.41) is 2.90. The van der Waals surface area contributed by atoms with Crippen molar-refractivity contribution in [3.63, 3.8) is 0 Å². The van der Waals surface area contributed by atoms with Gasteiger partial charge in [0.2, 0.25) is 0 Å². The molecule has 3 N–H and O–H groups in total. The monoisotopic (exact) mass is 546 g/mol. The van der Waals surface area contributed by atoms with E-state index in [2.05, 4.69) is 34.2 Å². The van der Waals surface area contributed by atoms with E-state index >= 15 is 0 Å². The number of aryl methyl sites for hydroxylation is 1. The van der Waals surface area contributed by atoms with Crippen molar-refractivity contribution >= 4 is 23.4 Å². The van der Waals surface area contributed by atoms with Crippen LogP contribution in [-0.4, -0.2) is 80.1 Å². The van der Waals surface area contributed by atoms with Gasteiger partial charge in [-0.15, -0.1) is 0 Å². The number of morpholine rings is 1. The number of anilines is 3. The van der Waals surface area contributed by atoms with Crippen LogP contribution in [-0.2, 0) is 4.74 Å². The molecule has 3 aliphatic rings. The molecule has 0 radical (unpaired) electrons. The number of carbonyl (C=O) groups excluding carboxylic acids is 1. The number of benzene rings is 1. The molecule has 0 aliphatic carbocycles. The van der Waals surface area contributed by atoms with E-state index in [9.17, 15) is 18.0 Å². The lowest BCUT2D eigenvalue weighted by Gasteiger charge is -2.30. The summed E-state index contributed by atoms with van der Waals surface area (Å²) in [5.41, 5.74) is 9.72. The molecule has 1 aromatic heterocycles. The molecule has 2 amide bonds. The number of hydrogen-bond donors (Lipinski definition) is 2. The summed E-state index contributed by atoms with van der Waals surface area (Å²) >= 11 is 0. The predicted molar refractivity (Wildman–Crippen MR) is 146 cm³/mol. The second-order valence-electron chi connectivity index (χ2n) is 11.4. The Morgan fingerprint density at radius 2 is 1.85 bits per heavy atom. The number of nitrogens with two attached hydrogens (primary N) is 1. The highest BCUT2D eigenvalue weighted by Gasteiger charge is 2.36. The van der Waals surface area contributed by atoms with E-state index in [0.29, 0.717) is 38.4 Å². The van der Waals surface area contributed by atoms with Gasteiger partial charge >= 0.3 is 12.2 Å². The molecule has 8 nitrogen and oxygen atoms in total. The number of urea groups is 1. The molecule has 0 saturated carbocycles. The van der Waals surface area contributed by atoms with Crippen LogP contribution in [0.2, 0.25) is 0 Å². The molecule has 39 heavy (non-hydrogen) atoms. The summed E-state index contributed by atoms with van der Waals surface area (Å²) in [4.78, 5) is 23.8. The fourth-order valence-electron chi connectivity index (χ4n) is 5.68. The summed E-state index contributed by atoms with van der Waals surface area (Å²) in [7, 11) is 0. The van der Waals surface area contributed by atoms with Gasteiger partial charge in [-0.05, 0) is 73.6 Å². The molecule has 4 heterocycles. The van der Waals surface area contributed by atoms with Gasteiger partial charge in [0.1, 0.15) is 11.6 Å². The lowest BCUT2D eigenvalue weighted by Crippen LogP contribution is -2.39. The van der Waals surface area contributed by atoms with Crippen molar-refractivity contribution in [1.29, 1.82) is 0 Å². The summed E-state index contributed by atoms with van der Waals surface area (Å²) in [6, 6.07) is 9.46. The van der Waals surface area contributed by atoms with Crippen molar-refractivity contribution in [2.24, 2.45) is 11.7 Å². The van der Waals surface area contributed by atoms with Crippen molar-refractivity contribution in [3.05, 3.63) is 35.9 Å². The normalized spacial score (nSPS) is 23.9. The van der Waals surface area contributed by atoms with Crippen LogP contribution in [0.15, 0.2) is 30.3 Å². The molecule has 5 rings (SSSR count). The third-order valence-corrected chi connectivity index (χ3v) is 7.86. The van der Waals surface area contributed by atoms with Gasteiger partial charge in [0.15, 0.2) is 0 Å². The fraction of sp³-hybridized carbons (Fsp3) is 0.571. The van der Waals surface area contributed by atoms with Crippen LogP contribution in [0.25, 0.3) is 11.1 Å². The van der Waals surface area contributed by atoms with Gasteiger partial charge < -0.3 is 30.5 Å². The molecule has 0 spiro atoms. The quantitative estimate of drug-likeness (QED) is 0.569. The highest BCUT2D eigenvalue weighted by Crippen LogP contribution is 2.35. The summed E-state index contributed by atoms with van der Waals surface area (Å²) < 4.78 is 43.9. The minimum atomic E-state index is -4.22. The average Bonchev–Trinajstić information content (AvgIpc) is 3.50. The topological polar surface area (TPSA) is 87.0 Å². The maximum Gasteiger partial charge on any atom is 0.389 e. The Hall–Kier alpha value is -3.05. The first-order valence-electron chi connectivity index (χ1n) is 13.6. The lowest BCUT2D eigenvalue weighted by atomic mass is 10.00. The number of ether oxygens (including phenoxy) is 1. The Labute approximate surface area is 227 Å². The van der Waals surface area contributed by atoms with E-state index in [1.807, 2.05) is 25.1 Å². The zero-order valence-electron chi connectivity index (χ0n) is 22.6. The van der Waals surface area contributed by atoms with Crippen molar-refractivity contribution < 1.29 is 22.7 Å². The van der Waals surface area contributed by atoms with Gasteiger partial charge in [-0.3, -0.25) is 0 Å². The number of rotatable bonds is 5. The minimum absolute atomic E-state index is 0.108. The maximum atomic E-state index is 12.9. The number of alkyl halides is 3. The van der Waals surface area contributed by atoms with Crippen LogP contribution in [0.5, 0.6) is 0 Å². The number of nitrogens with zero attached hydrogens (tertiary/aromatic N) is 4. The highest BCUT2D eigenvalue weighted by molar-refractivity contribution is 5.91. The van der Waals surface area contributed by atoms with Crippen LogP contribution in [0, 0.1) is 12.8 Å². The number of likely N-dealkylation sites (tertiary alicyclic amines) is 1. The minimum Gasteiger partial charge on any atom is -0.378 e. The molecule has 1 aromatic carbocycles. The number of amides is 2. The number of pyridine rings is 1. The zero-order chi connectivity index (χ0) is 27.8. The molecular weight excluding hydrogens is 509 g/mol. The number of hydrogen-bond acceptors (Lipinski definition) is 6.